The molecule has 0 spiro atoms. The van der Waals surface area contributed by atoms with Gasteiger partial charge in [-0.1, -0.05) is 12.1 Å². The Morgan fingerprint density at radius 1 is 1.19 bits per heavy atom. The van der Waals surface area contributed by atoms with Crippen LogP contribution in [-0.4, -0.2) is 11.7 Å². The van der Waals surface area contributed by atoms with Crippen LogP contribution >= 0.6 is 15.9 Å². The maximum atomic E-state index is 12.5. The molecule has 0 saturated heterocycles. The van der Waals surface area contributed by atoms with E-state index >= 15 is 0 Å². The molecule has 2 nitrogen and oxygen atoms in total. The summed E-state index contributed by atoms with van der Waals surface area (Å²) >= 11 is 3.17. The Labute approximate surface area is 99.9 Å². The maximum absolute atomic E-state index is 12.5. The third-order valence-electron chi connectivity index (χ3n) is 1.96. The molecule has 0 aliphatic rings. The van der Waals surface area contributed by atoms with E-state index in [-0.39, 0.29) is 0 Å². The molecule has 0 unspecified atom stereocenters. The Balaban J connectivity index is 2.69. The molecule has 0 aliphatic carbocycles. The molecule has 0 heterocycles. The van der Waals surface area contributed by atoms with E-state index < -0.39 is 11.7 Å². The zero-order valence-corrected chi connectivity index (χ0v) is 10.3. The number of benzene rings is 1. The highest BCUT2D eigenvalue weighted by atomic mass is 79.9. The third kappa shape index (κ3) is 3.12. The molecule has 0 saturated carbocycles. The van der Waals surface area contributed by atoms with Crippen LogP contribution in [0.4, 0.5) is 13.2 Å². The Hall–Kier alpha value is -0.750. The van der Waals surface area contributed by atoms with Gasteiger partial charge in [-0.2, -0.15) is 13.2 Å². The number of para-hydroxylation sites is 1. The van der Waals surface area contributed by atoms with E-state index in [4.69, 9.17) is 4.84 Å². The van der Waals surface area contributed by atoms with Gasteiger partial charge in [-0.05, 0) is 41.9 Å². The summed E-state index contributed by atoms with van der Waals surface area (Å²) in [5.74, 6) is 0.305. The molecular weight excluding hydrogens is 287 g/mol. The van der Waals surface area contributed by atoms with Crippen molar-refractivity contribution in [2.24, 2.45) is 0 Å². The van der Waals surface area contributed by atoms with E-state index in [2.05, 4.69) is 15.9 Å². The molecule has 0 amide bonds. The van der Waals surface area contributed by atoms with Crippen molar-refractivity contribution in [2.45, 2.75) is 25.6 Å². The lowest BCUT2D eigenvalue weighted by molar-refractivity contribution is -0.205. The van der Waals surface area contributed by atoms with E-state index in [1.807, 2.05) is 5.48 Å². The lowest BCUT2D eigenvalue weighted by Gasteiger charge is -2.28. The second-order valence-electron chi connectivity index (χ2n) is 3.76. The largest absolute Gasteiger partial charge is 0.409 e. The fourth-order valence-electron chi connectivity index (χ4n) is 0.768. The summed E-state index contributed by atoms with van der Waals surface area (Å²) in [5, 5.41) is 0. The Bertz CT molecular complexity index is 365. The van der Waals surface area contributed by atoms with Crippen LogP contribution in [0.5, 0.6) is 5.75 Å². The molecule has 0 radical (unpaired) electrons. The Morgan fingerprint density at radius 3 is 2.25 bits per heavy atom. The first-order valence-electron chi connectivity index (χ1n) is 4.49. The summed E-state index contributed by atoms with van der Waals surface area (Å²) < 4.78 is 38.0. The molecule has 0 aromatic heterocycles. The molecule has 6 heteroatoms. The molecule has 0 bridgehead atoms. The number of alkyl halides is 3. The minimum Gasteiger partial charge on any atom is -0.407 e. The average Bonchev–Trinajstić information content (AvgIpc) is 2.15. The summed E-state index contributed by atoms with van der Waals surface area (Å²) in [6, 6.07) is 6.65. The van der Waals surface area contributed by atoms with E-state index in [1.165, 1.54) is 0 Å². The monoisotopic (exact) mass is 297 g/mol. The van der Waals surface area contributed by atoms with Crippen molar-refractivity contribution in [3.8, 4) is 5.75 Å². The van der Waals surface area contributed by atoms with Gasteiger partial charge in [0, 0.05) is 0 Å². The van der Waals surface area contributed by atoms with Crippen molar-refractivity contribution in [3.05, 3.63) is 28.7 Å². The van der Waals surface area contributed by atoms with Gasteiger partial charge in [0.15, 0.2) is 5.75 Å². The SMILES string of the molecule is CC(C)(NOc1ccccc1Br)C(F)(F)F. The van der Waals surface area contributed by atoms with E-state index in [0.29, 0.717) is 10.2 Å². The fourth-order valence-corrected chi connectivity index (χ4v) is 1.13. The second kappa shape index (κ2) is 4.63. The number of hydrogen-bond donors (Lipinski definition) is 1. The predicted molar refractivity (Wildman–Crippen MR) is 58.0 cm³/mol. The van der Waals surface area contributed by atoms with Gasteiger partial charge in [0.25, 0.3) is 0 Å². The van der Waals surface area contributed by atoms with Crippen molar-refractivity contribution in [3.63, 3.8) is 0 Å². The lowest BCUT2D eigenvalue weighted by Crippen LogP contribution is -2.53. The van der Waals surface area contributed by atoms with Crippen LogP contribution in [0.2, 0.25) is 0 Å². The van der Waals surface area contributed by atoms with E-state index in [9.17, 15) is 13.2 Å². The highest BCUT2D eigenvalue weighted by Crippen LogP contribution is 2.30. The van der Waals surface area contributed by atoms with Gasteiger partial charge >= 0.3 is 6.18 Å². The van der Waals surface area contributed by atoms with Gasteiger partial charge in [0.05, 0.1) is 4.47 Å². The molecule has 1 aromatic carbocycles. The molecule has 1 N–H and O–H groups in total. The fraction of sp³-hybridized carbons (Fsp3) is 0.400. The molecule has 1 aromatic rings. The summed E-state index contributed by atoms with van der Waals surface area (Å²) in [6.07, 6.45) is -4.38. The Kier molecular flexibility index (Phi) is 3.85. The molecule has 1 rings (SSSR count). The van der Waals surface area contributed by atoms with Gasteiger partial charge in [0.1, 0.15) is 5.54 Å². The molecule has 16 heavy (non-hydrogen) atoms. The van der Waals surface area contributed by atoms with Crippen LogP contribution in [0, 0.1) is 0 Å². The Morgan fingerprint density at radius 2 is 1.75 bits per heavy atom. The zero-order chi connectivity index (χ0) is 12.4. The minimum atomic E-state index is -4.38. The smallest absolute Gasteiger partial charge is 0.407 e. The van der Waals surface area contributed by atoms with E-state index in [0.717, 1.165) is 13.8 Å². The zero-order valence-electron chi connectivity index (χ0n) is 8.73. The van der Waals surface area contributed by atoms with Crippen molar-refractivity contribution < 1.29 is 18.0 Å². The normalized spacial score (nSPS) is 12.6. The average molecular weight is 298 g/mol. The maximum Gasteiger partial charge on any atom is 0.409 e. The number of rotatable bonds is 3. The third-order valence-corrected chi connectivity index (χ3v) is 2.62. The van der Waals surface area contributed by atoms with Crippen LogP contribution in [-0.2, 0) is 0 Å². The first kappa shape index (κ1) is 13.3. The van der Waals surface area contributed by atoms with Crippen molar-refractivity contribution in [2.75, 3.05) is 0 Å². The predicted octanol–water partition coefficient (Wildman–Crippen LogP) is 3.67. The second-order valence-corrected chi connectivity index (χ2v) is 4.61. The molecule has 0 aliphatic heterocycles. The van der Waals surface area contributed by atoms with Crippen LogP contribution in [0.1, 0.15) is 13.8 Å². The molecular formula is C10H11BrF3NO. The van der Waals surface area contributed by atoms with E-state index in [1.54, 1.807) is 24.3 Å². The standard InChI is InChI=1S/C10H11BrF3NO/c1-9(2,10(12,13)14)15-16-8-6-4-3-5-7(8)11/h3-6,15H,1-2H3. The van der Waals surface area contributed by atoms with Gasteiger partial charge < -0.3 is 4.84 Å². The first-order chi connectivity index (χ1) is 7.24. The van der Waals surface area contributed by atoms with Crippen LogP contribution < -0.4 is 10.3 Å². The first-order valence-corrected chi connectivity index (χ1v) is 5.28. The summed E-state index contributed by atoms with van der Waals surface area (Å²) in [5.41, 5.74) is -0.108. The highest BCUT2D eigenvalue weighted by Gasteiger charge is 2.48. The highest BCUT2D eigenvalue weighted by molar-refractivity contribution is 9.10. The van der Waals surface area contributed by atoms with Gasteiger partial charge in [0.2, 0.25) is 0 Å². The number of hydroxylamine groups is 1. The molecule has 90 valence electrons. The molecule has 0 fully saturated rings. The molecule has 0 atom stereocenters. The quantitative estimate of drug-likeness (QED) is 0.860. The summed E-state index contributed by atoms with van der Waals surface area (Å²) in [4.78, 5) is 4.91. The van der Waals surface area contributed by atoms with Crippen molar-refractivity contribution in [1.82, 2.24) is 5.48 Å². The van der Waals surface area contributed by atoms with Gasteiger partial charge in [-0.3, -0.25) is 0 Å². The summed E-state index contributed by atoms with van der Waals surface area (Å²) in [6.45, 7) is 2.01. The number of hydrogen-bond acceptors (Lipinski definition) is 2. The van der Waals surface area contributed by atoms with Gasteiger partial charge in [-0.15, -0.1) is 5.48 Å². The number of halogens is 4. The number of nitrogens with one attached hydrogen (secondary N) is 1. The van der Waals surface area contributed by atoms with Crippen LogP contribution in [0.3, 0.4) is 0 Å². The lowest BCUT2D eigenvalue weighted by atomic mass is 10.1. The van der Waals surface area contributed by atoms with Crippen molar-refractivity contribution in [1.29, 1.82) is 0 Å². The van der Waals surface area contributed by atoms with Crippen LogP contribution in [0.15, 0.2) is 28.7 Å². The topological polar surface area (TPSA) is 21.3 Å². The summed E-state index contributed by atoms with van der Waals surface area (Å²) in [7, 11) is 0. The van der Waals surface area contributed by atoms with Gasteiger partial charge in [-0.25, -0.2) is 0 Å². The van der Waals surface area contributed by atoms with Crippen LogP contribution in [0.25, 0.3) is 0 Å². The van der Waals surface area contributed by atoms with Crippen molar-refractivity contribution >= 4 is 15.9 Å². The minimum absolute atomic E-state index is 0.305.